The zero-order chi connectivity index (χ0) is 13.5. The van der Waals surface area contributed by atoms with Crippen molar-refractivity contribution in [2.24, 2.45) is 5.41 Å². The van der Waals surface area contributed by atoms with Gasteiger partial charge in [0.15, 0.2) is 0 Å². The average Bonchev–Trinajstić information content (AvgIpc) is 2.97. The molecule has 1 atom stereocenters. The summed E-state index contributed by atoms with van der Waals surface area (Å²) in [6, 6.07) is 7.23. The van der Waals surface area contributed by atoms with E-state index in [0.29, 0.717) is 11.1 Å². The summed E-state index contributed by atoms with van der Waals surface area (Å²) in [6.45, 7) is 4.07. The monoisotopic (exact) mass is 259 g/mol. The van der Waals surface area contributed by atoms with E-state index < -0.39 is 0 Å². The fourth-order valence-electron chi connectivity index (χ4n) is 3.41. The number of likely N-dealkylation sites (tertiary alicyclic amines) is 2. The van der Waals surface area contributed by atoms with E-state index in [-0.39, 0.29) is 5.91 Å². The molecule has 2 heterocycles. The zero-order valence-electron chi connectivity index (χ0n) is 11.4. The maximum Gasteiger partial charge on any atom is 0.253 e. The van der Waals surface area contributed by atoms with Gasteiger partial charge in [0.2, 0.25) is 0 Å². The fraction of sp³-hybridized carbons (Fsp3) is 0.533. The Labute approximate surface area is 114 Å². The number of carbonyl (C=O) groups excluding carboxylic acids is 1. The number of hydrogen-bond donors (Lipinski definition) is 1. The Morgan fingerprint density at radius 3 is 2.47 bits per heavy atom. The van der Waals surface area contributed by atoms with E-state index in [1.54, 1.807) is 12.1 Å². The molecule has 0 radical (unpaired) electrons. The van der Waals surface area contributed by atoms with Crippen molar-refractivity contribution < 1.29 is 4.79 Å². The van der Waals surface area contributed by atoms with Gasteiger partial charge in [-0.3, -0.25) is 4.79 Å². The normalized spacial score (nSPS) is 27.3. The van der Waals surface area contributed by atoms with Gasteiger partial charge in [0.1, 0.15) is 0 Å². The van der Waals surface area contributed by atoms with Crippen LogP contribution in [-0.2, 0) is 0 Å². The molecular formula is C15H21N3O. The lowest BCUT2D eigenvalue weighted by Crippen LogP contribution is -2.33. The van der Waals surface area contributed by atoms with Gasteiger partial charge in [-0.2, -0.15) is 0 Å². The maximum absolute atomic E-state index is 12.5. The number of rotatable bonds is 1. The molecule has 4 nitrogen and oxygen atoms in total. The van der Waals surface area contributed by atoms with Crippen LogP contribution in [0.5, 0.6) is 0 Å². The standard InChI is InChI=1S/C15H21N3O/c1-17-8-6-15(10-17)7-9-18(11-15)14(19)12-2-4-13(16)5-3-12/h2-5H,6-11,16H2,1H3. The first-order chi connectivity index (χ1) is 9.08. The first-order valence-electron chi connectivity index (χ1n) is 6.91. The summed E-state index contributed by atoms with van der Waals surface area (Å²) >= 11 is 0. The lowest BCUT2D eigenvalue weighted by Gasteiger charge is -2.23. The van der Waals surface area contributed by atoms with Gasteiger partial charge in [-0.1, -0.05) is 0 Å². The van der Waals surface area contributed by atoms with Crippen molar-refractivity contribution in [1.82, 2.24) is 9.80 Å². The molecule has 4 heteroatoms. The lowest BCUT2D eigenvalue weighted by atomic mass is 9.86. The SMILES string of the molecule is CN1CCC2(CCN(C(=O)c3ccc(N)cc3)C2)C1. The minimum atomic E-state index is 0.145. The van der Waals surface area contributed by atoms with Crippen LogP contribution < -0.4 is 5.73 Å². The molecule has 1 spiro atoms. The Morgan fingerprint density at radius 2 is 1.84 bits per heavy atom. The van der Waals surface area contributed by atoms with Gasteiger partial charge in [-0.05, 0) is 50.7 Å². The van der Waals surface area contributed by atoms with Crippen molar-refractivity contribution >= 4 is 11.6 Å². The van der Waals surface area contributed by atoms with E-state index >= 15 is 0 Å². The zero-order valence-corrected chi connectivity index (χ0v) is 11.4. The van der Waals surface area contributed by atoms with Crippen LogP contribution >= 0.6 is 0 Å². The van der Waals surface area contributed by atoms with Gasteiger partial charge in [0.05, 0.1) is 0 Å². The smallest absolute Gasteiger partial charge is 0.253 e. The highest BCUT2D eigenvalue weighted by atomic mass is 16.2. The molecule has 1 amide bonds. The molecule has 19 heavy (non-hydrogen) atoms. The van der Waals surface area contributed by atoms with Crippen LogP contribution in [0.1, 0.15) is 23.2 Å². The predicted molar refractivity (Wildman–Crippen MR) is 75.9 cm³/mol. The maximum atomic E-state index is 12.5. The van der Waals surface area contributed by atoms with E-state index in [4.69, 9.17) is 5.73 Å². The van der Waals surface area contributed by atoms with E-state index in [0.717, 1.165) is 38.2 Å². The van der Waals surface area contributed by atoms with Gasteiger partial charge < -0.3 is 15.5 Å². The molecule has 102 valence electrons. The van der Waals surface area contributed by atoms with Gasteiger partial charge >= 0.3 is 0 Å². The van der Waals surface area contributed by atoms with Crippen LogP contribution in [-0.4, -0.2) is 48.9 Å². The summed E-state index contributed by atoms with van der Waals surface area (Å²) in [6.07, 6.45) is 2.35. The molecule has 2 fully saturated rings. The Balaban J connectivity index is 1.71. The molecule has 2 aliphatic rings. The molecule has 1 aromatic carbocycles. The molecule has 3 rings (SSSR count). The number of carbonyl (C=O) groups is 1. The van der Waals surface area contributed by atoms with Crippen LogP contribution in [0.25, 0.3) is 0 Å². The van der Waals surface area contributed by atoms with Crippen LogP contribution in [0.15, 0.2) is 24.3 Å². The third-order valence-corrected chi connectivity index (χ3v) is 4.51. The Hall–Kier alpha value is -1.55. The van der Waals surface area contributed by atoms with Crippen molar-refractivity contribution in [3.63, 3.8) is 0 Å². The third-order valence-electron chi connectivity index (χ3n) is 4.51. The number of benzene rings is 1. The minimum Gasteiger partial charge on any atom is -0.399 e. The van der Waals surface area contributed by atoms with Crippen LogP contribution in [0.2, 0.25) is 0 Å². The molecular weight excluding hydrogens is 238 g/mol. The Kier molecular flexibility index (Phi) is 2.97. The van der Waals surface area contributed by atoms with Crippen molar-refractivity contribution in [3.8, 4) is 0 Å². The number of hydrogen-bond acceptors (Lipinski definition) is 3. The number of nitrogens with two attached hydrogens (primary N) is 1. The molecule has 0 bridgehead atoms. The lowest BCUT2D eigenvalue weighted by molar-refractivity contribution is 0.0774. The number of nitrogens with zero attached hydrogens (tertiary/aromatic N) is 2. The fourth-order valence-corrected chi connectivity index (χ4v) is 3.41. The quantitative estimate of drug-likeness (QED) is 0.776. The Morgan fingerprint density at radius 1 is 1.16 bits per heavy atom. The van der Waals surface area contributed by atoms with Gasteiger partial charge in [0.25, 0.3) is 5.91 Å². The highest BCUT2D eigenvalue weighted by Crippen LogP contribution is 2.39. The second-order valence-corrected chi connectivity index (χ2v) is 6.09. The summed E-state index contributed by atoms with van der Waals surface area (Å²) < 4.78 is 0. The summed E-state index contributed by atoms with van der Waals surface area (Å²) in [7, 11) is 2.17. The predicted octanol–water partition coefficient (Wildman–Crippen LogP) is 1.44. The topological polar surface area (TPSA) is 49.6 Å². The first kappa shape index (κ1) is 12.5. The molecule has 2 N–H and O–H groups in total. The van der Waals surface area contributed by atoms with E-state index in [9.17, 15) is 4.79 Å². The number of nitrogen functional groups attached to an aromatic ring is 1. The third kappa shape index (κ3) is 2.32. The second-order valence-electron chi connectivity index (χ2n) is 6.09. The van der Waals surface area contributed by atoms with Crippen LogP contribution in [0, 0.1) is 5.41 Å². The van der Waals surface area contributed by atoms with Crippen molar-refractivity contribution in [1.29, 1.82) is 0 Å². The van der Waals surface area contributed by atoms with E-state index in [1.807, 2.05) is 17.0 Å². The molecule has 0 saturated carbocycles. The first-order valence-corrected chi connectivity index (χ1v) is 6.91. The highest BCUT2D eigenvalue weighted by Gasteiger charge is 2.43. The summed E-state index contributed by atoms with van der Waals surface area (Å²) in [5.41, 5.74) is 7.45. The summed E-state index contributed by atoms with van der Waals surface area (Å²) in [5, 5.41) is 0. The second kappa shape index (κ2) is 4.53. The van der Waals surface area contributed by atoms with Gasteiger partial charge in [-0.15, -0.1) is 0 Å². The summed E-state index contributed by atoms with van der Waals surface area (Å²) in [5.74, 6) is 0.145. The molecule has 0 aliphatic carbocycles. The Bertz CT molecular complexity index is 485. The number of amides is 1. The highest BCUT2D eigenvalue weighted by molar-refractivity contribution is 5.94. The molecule has 1 unspecified atom stereocenters. The van der Waals surface area contributed by atoms with E-state index in [2.05, 4.69) is 11.9 Å². The molecule has 2 saturated heterocycles. The average molecular weight is 259 g/mol. The number of anilines is 1. The van der Waals surface area contributed by atoms with Crippen LogP contribution in [0.3, 0.4) is 0 Å². The van der Waals surface area contributed by atoms with Crippen molar-refractivity contribution in [3.05, 3.63) is 29.8 Å². The van der Waals surface area contributed by atoms with Crippen molar-refractivity contribution in [2.45, 2.75) is 12.8 Å². The largest absolute Gasteiger partial charge is 0.399 e. The van der Waals surface area contributed by atoms with Crippen molar-refractivity contribution in [2.75, 3.05) is 39.0 Å². The van der Waals surface area contributed by atoms with Crippen LogP contribution in [0.4, 0.5) is 5.69 Å². The summed E-state index contributed by atoms with van der Waals surface area (Å²) in [4.78, 5) is 16.8. The minimum absolute atomic E-state index is 0.145. The molecule has 2 aliphatic heterocycles. The molecule has 0 aromatic heterocycles. The van der Waals surface area contributed by atoms with E-state index in [1.165, 1.54) is 6.42 Å². The molecule has 1 aromatic rings. The van der Waals surface area contributed by atoms with Gasteiger partial charge in [-0.25, -0.2) is 0 Å². The van der Waals surface area contributed by atoms with Gasteiger partial charge in [0, 0.05) is 36.3 Å².